The van der Waals surface area contributed by atoms with Crippen LogP contribution < -0.4 is 10.6 Å². The normalized spacial score (nSPS) is 19.2. The Hall–Kier alpha value is -1.87. The first kappa shape index (κ1) is 20.9. The Morgan fingerprint density at radius 1 is 1.32 bits per heavy atom. The van der Waals surface area contributed by atoms with E-state index in [9.17, 15) is 5.11 Å². The zero-order valence-corrected chi connectivity index (χ0v) is 17.4. The van der Waals surface area contributed by atoms with E-state index in [1.165, 1.54) is 4.88 Å². The number of morpholine rings is 1. The Labute approximate surface area is 170 Å². The first-order valence-electron chi connectivity index (χ1n) is 9.74. The summed E-state index contributed by atoms with van der Waals surface area (Å²) in [5.74, 6) is 1.20. The fourth-order valence-electron chi connectivity index (χ4n) is 3.21. The summed E-state index contributed by atoms with van der Waals surface area (Å²) in [7, 11) is 0. The quantitative estimate of drug-likeness (QED) is 0.460. The van der Waals surface area contributed by atoms with Gasteiger partial charge in [-0.05, 0) is 37.4 Å². The van der Waals surface area contributed by atoms with Gasteiger partial charge in [-0.25, -0.2) is 4.99 Å². The summed E-state index contributed by atoms with van der Waals surface area (Å²) in [5, 5.41) is 19.5. The summed E-state index contributed by atoms with van der Waals surface area (Å²) in [5.41, 5.74) is -1.15. The van der Waals surface area contributed by atoms with Crippen LogP contribution >= 0.6 is 11.3 Å². The van der Waals surface area contributed by atoms with Crippen LogP contribution in [0.4, 0.5) is 0 Å². The van der Waals surface area contributed by atoms with Gasteiger partial charge in [-0.3, -0.25) is 4.90 Å². The van der Waals surface area contributed by atoms with E-state index in [-0.39, 0.29) is 12.6 Å². The van der Waals surface area contributed by atoms with Gasteiger partial charge < -0.3 is 24.9 Å². The maximum absolute atomic E-state index is 10.6. The van der Waals surface area contributed by atoms with Gasteiger partial charge in [0.1, 0.15) is 11.4 Å². The molecule has 0 aromatic carbocycles. The molecule has 8 heteroatoms. The van der Waals surface area contributed by atoms with Gasteiger partial charge in [0.05, 0.1) is 32.1 Å². The monoisotopic (exact) mass is 406 g/mol. The lowest BCUT2D eigenvalue weighted by atomic mass is 10.0. The van der Waals surface area contributed by atoms with Crippen molar-refractivity contribution in [2.24, 2.45) is 4.99 Å². The zero-order valence-electron chi connectivity index (χ0n) is 16.6. The van der Waals surface area contributed by atoms with Crippen molar-refractivity contribution < 1.29 is 14.3 Å². The molecule has 7 nitrogen and oxygen atoms in total. The van der Waals surface area contributed by atoms with Crippen molar-refractivity contribution in [3.05, 3.63) is 46.5 Å². The van der Waals surface area contributed by atoms with Gasteiger partial charge in [0.25, 0.3) is 0 Å². The van der Waals surface area contributed by atoms with E-state index in [0.717, 1.165) is 39.4 Å². The van der Waals surface area contributed by atoms with Crippen molar-refractivity contribution in [1.82, 2.24) is 15.5 Å². The topological polar surface area (TPSA) is 82.3 Å². The van der Waals surface area contributed by atoms with Gasteiger partial charge >= 0.3 is 0 Å². The minimum absolute atomic E-state index is 0.205. The number of thiophene rings is 1. The van der Waals surface area contributed by atoms with Crippen LogP contribution in [0.15, 0.2) is 45.3 Å². The molecule has 3 heterocycles. The Balaban J connectivity index is 1.66. The average molecular weight is 407 g/mol. The molecule has 0 aliphatic carbocycles. The van der Waals surface area contributed by atoms with Crippen molar-refractivity contribution in [3.8, 4) is 0 Å². The molecule has 1 aliphatic rings. The second-order valence-corrected chi connectivity index (χ2v) is 7.99. The van der Waals surface area contributed by atoms with Crippen LogP contribution in [-0.4, -0.2) is 61.9 Å². The summed E-state index contributed by atoms with van der Waals surface area (Å²) >= 11 is 1.77. The van der Waals surface area contributed by atoms with Gasteiger partial charge in [-0.1, -0.05) is 6.07 Å². The fraction of sp³-hybridized carbons (Fsp3) is 0.550. The number of guanidine groups is 1. The van der Waals surface area contributed by atoms with E-state index in [1.54, 1.807) is 36.7 Å². The smallest absolute Gasteiger partial charge is 0.191 e. The molecule has 2 aromatic heterocycles. The lowest BCUT2D eigenvalue weighted by Gasteiger charge is -2.34. The molecule has 28 heavy (non-hydrogen) atoms. The molecule has 3 rings (SSSR count). The summed E-state index contributed by atoms with van der Waals surface area (Å²) < 4.78 is 10.9. The standard InChI is InChI=1S/C20H30N4O3S/c1-3-21-19(23-15-20(2,25)18-7-4-10-27-18)22-14-16(17-6-5-13-28-17)24-8-11-26-12-9-24/h4-7,10,13,16,25H,3,8-9,11-12,14-15H2,1-2H3,(H2,21,22,23). The highest BCUT2D eigenvalue weighted by atomic mass is 32.1. The first-order chi connectivity index (χ1) is 13.6. The number of ether oxygens (including phenoxy) is 1. The van der Waals surface area contributed by atoms with Crippen molar-refractivity contribution in [1.29, 1.82) is 0 Å². The van der Waals surface area contributed by atoms with E-state index in [4.69, 9.17) is 9.15 Å². The van der Waals surface area contributed by atoms with E-state index in [2.05, 4.69) is 38.0 Å². The lowest BCUT2D eigenvalue weighted by Crippen LogP contribution is -2.46. The van der Waals surface area contributed by atoms with Crippen LogP contribution in [0.3, 0.4) is 0 Å². The minimum atomic E-state index is -1.15. The Kier molecular flexibility index (Phi) is 7.50. The molecule has 2 unspecified atom stereocenters. The van der Waals surface area contributed by atoms with E-state index in [0.29, 0.717) is 11.7 Å². The predicted molar refractivity (Wildman–Crippen MR) is 112 cm³/mol. The van der Waals surface area contributed by atoms with Crippen molar-refractivity contribution in [3.63, 3.8) is 0 Å². The molecule has 2 atom stereocenters. The Bertz CT molecular complexity index is 710. The van der Waals surface area contributed by atoms with Crippen LogP contribution in [0.5, 0.6) is 0 Å². The summed E-state index contributed by atoms with van der Waals surface area (Å²) in [4.78, 5) is 8.36. The van der Waals surface area contributed by atoms with Gasteiger partial charge in [0.15, 0.2) is 5.96 Å². The Morgan fingerprint density at radius 2 is 2.14 bits per heavy atom. The second kappa shape index (κ2) is 10.1. The van der Waals surface area contributed by atoms with E-state index in [1.807, 2.05) is 6.92 Å². The fourth-order valence-corrected chi connectivity index (χ4v) is 4.07. The molecule has 0 amide bonds. The molecular formula is C20H30N4O3S. The number of nitrogens with zero attached hydrogens (tertiary/aromatic N) is 2. The summed E-state index contributed by atoms with van der Waals surface area (Å²) in [6, 6.07) is 8.07. The predicted octanol–water partition coefficient (Wildman–Crippen LogP) is 2.18. The largest absolute Gasteiger partial charge is 0.466 e. The third kappa shape index (κ3) is 5.57. The minimum Gasteiger partial charge on any atom is -0.466 e. The summed E-state index contributed by atoms with van der Waals surface area (Å²) in [6.07, 6.45) is 1.56. The van der Waals surface area contributed by atoms with Crippen LogP contribution in [-0.2, 0) is 10.3 Å². The maximum atomic E-state index is 10.6. The van der Waals surface area contributed by atoms with Gasteiger partial charge in [-0.2, -0.15) is 0 Å². The molecule has 154 valence electrons. The lowest BCUT2D eigenvalue weighted by molar-refractivity contribution is 0.0176. The van der Waals surface area contributed by atoms with Crippen molar-refractivity contribution in [2.45, 2.75) is 25.5 Å². The van der Waals surface area contributed by atoms with Crippen molar-refractivity contribution >= 4 is 17.3 Å². The number of nitrogens with one attached hydrogen (secondary N) is 2. The molecule has 0 spiro atoms. The molecule has 0 saturated carbocycles. The second-order valence-electron chi connectivity index (χ2n) is 7.01. The molecule has 1 aliphatic heterocycles. The number of furan rings is 1. The number of hydrogen-bond acceptors (Lipinski definition) is 6. The molecule has 2 aromatic rings. The molecular weight excluding hydrogens is 376 g/mol. The highest BCUT2D eigenvalue weighted by Gasteiger charge is 2.27. The third-order valence-electron chi connectivity index (χ3n) is 4.76. The number of hydrogen-bond donors (Lipinski definition) is 3. The molecule has 1 saturated heterocycles. The molecule has 1 fully saturated rings. The number of rotatable bonds is 8. The van der Waals surface area contributed by atoms with Crippen LogP contribution in [0.25, 0.3) is 0 Å². The van der Waals surface area contributed by atoms with Crippen LogP contribution in [0.1, 0.15) is 30.5 Å². The van der Waals surface area contributed by atoms with Crippen LogP contribution in [0, 0.1) is 0 Å². The SMILES string of the molecule is CCNC(=NCC(C)(O)c1ccco1)NCC(c1cccs1)N1CCOCC1. The van der Waals surface area contributed by atoms with Gasteiger partial charge in [0.2, 0.25) is 0 Å². The van der Waals surface area contributed by atoms with Crippen LogP contribution in [0.2, 0.25) is 0 Å². The number of aliphatic imine (C=N–C) groups is 1. The molecule has 3 N–H and O–H groups in total. The average Bonchev–Trinajstić information content (AvgIpc) is 3.41. The highest BCUT2D eigenvalue weighted by Crippen LogP contribution is 2.25. The first-order valence-corrected chi connectivity index (χ1v) is 10.6. The maximum Gasteiger partial charge on any atom is 0.191 e. The van der Waals surface area contributed by atoms with Crippen molar-refractivity contribution in [2.75, 3.05) is 45.9 Å². The Morgan fingerprint density at radius 3 is 2.79 bits per heavy atom. The molecule has 0 bridgehead atoms. The van der Waals surface area contributed by atoms with E-state index < -0.39 is 5.60 Å². The summed E-state index contributed by atoms with van der Waals surface area (Å²) in [6.45, 7) is 8.80. The third-order valence-corrected chi connectivity index (χ3v) is 5.74. The van der Waals surface area contributed by atoms with Gasteiger partial charge in [-0.15, -0.1) is 11.3 Å². The van der Waals surface area contributed by atoms with E-state index >= 15 is 0 Å². The zero-order chi connectivity index (χ0) is 19.8. The van der Waals surface area contributed by atoms with Gasteiger partial charge in [0, 0.05) is 31.1 Å². The highest BCUT2D eigenvalue weighted by molar-refractivity contribution is 7.10. The number of aliphatic hydroxyl groups is 1. The molecule has 0 radical (unpaired) electrons.